The van der Waals surface area contributed by atoms with Crippen molar-refractivity contribution in [2.24, 2.45) is 0 Å². The molecule has 1 unspecified atom stereocenters. The molecule has 5 nitrogen and oxygen atoms in total. The quantitative estimate of drug-likeness (QED) is 0.738. The van der Waals surface area contributed by atoms with Crippen LogP contribution in [-0.2, 0) is 17.8 Å². The molecule has 1 fully saturated rings. The Bertz CT molecular complexity index is 797. The van der Waals surface area contributed by atoms with Crippen molar-refractivity contribution in [3.8, 4) is 0 Å². The van der Waals surface area contributed by atoms with Gasteiger partial charge in [0.05, 0.1) is 6.61 Å². The molecular weight excluding hydrogens is 308 g/mol. The van der Waals surface area contributed by atoms with Gasteiger partial charge in [-0.15, -0.1) is 21.5 Å². The zero-order valence-corrected chi connectivity index (χ0v) is 14.0. The fourth-order valence-corrected chi connectivity index (χ4v) is 4.11. The number of nitrogens with zero attached hydrogens (tertiary/aromatic N) is 4. The molecule has 1 atom stereocenters. The second-order valence-electron chi connectivity index (χ2n) is 5.83. The molecule has 0 saturated carbocycles. The van der Waals surface area contributed by atoms with Crippen LogP contribution < -0.4 is 0 Å². The zero-order valence-electron chi connectivity index (χ0n) is 13.2. The lowest BCUT2D eigenvalue weighted by Crippen LogP contribution is -2.38. The van der Waals surface area contributed by atoms with Crippen molar-refractivity contribution < 1.29 is 4.74 Å². The Balaban J connectivity index is 1.51. The maximum absolute atomic E-state index is 5.94. The summed E-state index contributed by atoms with van der Waals surface area (Å²) in [5.41, 5.74) is 1.41. The number of aromatic nitrogens is 3. The highest BCUT2D eigenvalue weighted by molar-refractivity contribution is 7.17. The fourth-order valence-electron chi connectivity index (χ4n) is 3.16. The van der Waals surface area contributed by atoms with Crippen LogP contribution in [0.4, 0.5) is 0 Å². The molecule has 0 spiro atoms. The predicted octanol–water partition coefficient (Wildman–Crippen LogP) is 3.09. The van der Waals surface area contributed by atoms with Gasteiger partial charge in [0.1, 0.15) is 12.4 Å². The summed E-state index contributed by atoms with van der Waals surface area (Å²) in [6.07, 6.45) is 1.79. The molecule has 6 heteroatoms. The fraction of sp³-hybridized carbons (Fsp3) is 0.412. The summed E-state index contributed by atoms with van der Waals surface area (Å²) in [6.45, 7) is 6.50. The topological polar surface area (TPSA) is 43.2 Å². The summed E-state index contributed by atoms with van der Waals surface area (Å²) in [4.78, 5) is 2.46. The van der Waals surface area contributed by atoms with E-state index in [1.54, 1.807) is 6.33 Å². The molecule has 3 heterocycles. The summed E-state index contributed by atoms with van der Waals surface area (Å²) < 4.78 is 9.36. The van der Waals surface area contributed by atoms with E-state index in [-0.39, 0.29) is 6.10 Å². The van der Waals surface area contributed by atoms with Crippen molar-refractivity contribution in [1.29, 1.82) is 0 Å². The number of aryl methyl sites for hydroxylation is 1. The molecule has 0 bridgehead atoms. The molecule has 0 N–H and O–H groups in total. The molecule has 0 aliphatic carbocycles. The van der Waals surface area contributed by atoms with Gasteiger partial charge in [0.25, 0.3) is 0 Å². The van der Waals surface area contributed by atoms with Gasteiger partial charge in [-0.2, -0.15) is 0 Å². The normalized spacial score (nSPS) is 19.4. The van der Waals surface area contributed by atoms with E-state index in [4.69, 9.17) is 4.74 Å². The molecular formula is C17H20N4OS. The highest BCUT2D eigenvalue weighted by Crippen LogP contribution is 2.28. The van der Waals surface area contributed by atoms with E-state index in [1.165, 1.54) is 15.6 Å². The van der Waals surface area contributed by atoms with Crippen LogP contribution in [0.15, 0.2) is 36.0 Å². The van der Waals surface area contributed by atoms with Crippen LogP contribution in [-0.4, -0.2) is 39.4 Å². The summed E-state index contributed by atoms with van der Waals surface area (Å²) in [5.74, 6) is 0.937. The second-order valence-corrected chi connectivity index (χ2v) is 6.74. The van der Waals surface area contributed by atoms with Crippen LogP contribution in [0.25, 0.3) is 10.1 Å². The minimum Gasteiger partial charge on any atom is -0.368 e. The number of benzene rings is 1. The number of hydrogen-bond donors (Lipinski definition) is 0. The van der Waals surface area contributed by atoms with Crippen LogP contribution >= 0.6 is 11.3 Å². The van der Waals surface area contributed by atoms with Crippen molar-refractivity contribution >= 4 is 21.4 Å². The summed E-state index contributed by atoms with van der Waals surface area (Å²) in [7, 11) is 0. The summed E-state index contributed by atoms with van der Waals surface area (Å²) >= 11 is 1.82. The van der Waals surface area contributed by atoms with E-state index < -0.39 is 0 Å². The lowest BCUT2D eigenvalue weighted by Gasteiger charge is -2.32. The number of ether oxygens (including phenoxy) is 1. The summed E-state index contributed by atoms with van der Waals surface area (Å²) in [6, 6.07) is 8.62. The van der Waals surface area contributed by atoms with E-state index in [9.17, 15) is 0 Å². The molecule has 1 aliphatic heterocycles. The van der Waals surface area contributed by atoms with Crippen molar-refractivity contribution in [3.63, 3.8) is 0 Å². The van der Waals surface area contributed by atoms with E-state index in [1.807, 2.05) is 11.3 Å². The molecule has 0 radical (unpaired) electrons. The van der Waals surface area contributed by atoms with Crippen molar-refractivity contribution in [2.75, 3.05) is 19.7 Å². The number of morpholine rings is 1. The Morgan fingerprint density at radius 1 is 1.35 bits per heavy atom. The zero-order chi connectivity index (χ0) is 15.6. The molecule has 120 valence electrons. The molecule has 2 aromatic heterocycles. The first kappa shape index (κ1) is 14.8. The van der Waals surface area contributed by atoms with Gasteiger partial charge in [0, 0.05) is 30.9 Å². The Kier molecular flexibility index (Phi) is 4.11. The highest BCUT2D eigenvalue weighted by Gasteiger charge is 2.26. The van der Waals surface area contributed by atoms with Crippen molar-refractivity contribution in [3.05, 3.63) is 47.4 Å². The lowest BCUT2D eigenvalue weighted by atomic mass is 10.1. The van der Waals surface area contributed by atoms with Gasteiger partial charge in [0.15, 0.2) is 5.82 Å². The Hall–Kier alpha value is -1.76. The first-order valence-electron chi connectivity index (χ1n) is 8.02. The van der Waals surface area contributed by atoms with Crippen LogP contribution in [0.5, 0.6) is 0 Å². The van der Waals surface area contributed by atoms with Crippen LogP contribution in [0.1, 0.15) is 24.4 Å². The number of thiophene rings is 1. The molecule has 1 aliphatic rings. The first-order chi connectivity index (χ1) is 11.3. The highest BCUT2D eigenvalue weighted by atomic mass is 32.1. The van der Waals surface area contributed by atoms with Gasteiger partial charge in [-0.25, -0.2) is 0 Å². The average molecular weight is 328 g/mol. The average Bonchev–Trinajstić information content (AvgIpc) is 3.22. The number of rotatable bonds is 4. The van der Waals surface area contributed by atoms with Crippen molar-refractivity contribution in [1.82, 2.24) is 19.7 Å². The largest absolute Gasteiger partial charge is 0.368 e. The van der Waals surface area contributed by atoms with Gasteiger partial charge in [-0.1, -0.05) is 18.2 Å². The van der Waals surface area contributed by atoms with Gasteiger partial charge >= 0.3 is 0 Å². The van der Waals surface area contributed by atoms with Gasteiger partial charge in [-0.05, 0) is 29.3 Å². The second kappa shape index (κ2) is 6.39. The molecule has 23 heavy (non-hydrogen) atoms. The minimum absolute atomic E-state index is 0.0103. The van der Waals surface area contributed by atoms with Crippen LogP contribution in [0.2, 0.25) is 0 Å². The van der Waals surface area contributed by atoms with E-state index in [0.29, 0.717) is 0 Å². The molecule has 3 aromatic rings. The molecule has 4 rings (SSSR count). The SMILES string of the molecule is CCn1cnnc1C1CN(Cc2csc3ccccc23)CCO1. The molecule has 0 amide bonds. The predicted molar refractivity (Wildman–Crippen MR) is 91.5 cm³/mol. The number of hydrogen-bond acceptors (Lipinski definition) is 5. The smallest absolute Gasteiger partial charge is 0.163 e. The third-order valence-corrected chi connectivity index (χ3v) is 5.39. The maximum Gasteiger partial charge on any atom is 0.163 e. The van der Waals surface area contributed by atoms with Crippen LogP contribution in [0, 0.1) is 0 Å². The van der Waals surface area contributed by atoms with E-state index >= 15 is 0 Å². The van der Waals surface area contributed by atoms with Gasteiger partial charge in [-0.3, -0.25) is 4.90 Å². The standard InChI is InChI=1S/C17H20N4OS/c1-2-21-12-18-19-17(21)15-10-20(7-8-22-15)9-13-11-23-16-6-4-3-5-14(13)16/h3-6,11-12,15H,2,7-10H2,1H3. The van der Waals surface area contributed by atoms with Gasteiger partial charge < -0.3 is 9.30 Å². The monoisotopic (exact) mass is 328 g/mol. The van der Waals surface area contributed by atoms with Gasteiger partial charge in [0.2, 0.25) is 0 Å². The Labute approximate surface area is 139 Å². The lowest BCUT2D eigenvalue weighted by molar-refractivity contribution is -0.0387. The number of fused-ring (bicyclic) bond motifs is 1. The van der Waals surface area contributed by atoms with E-state index in [2.05, 4.69) is 56.2 Å². The Morgan fingerprint density at radius 2 is 2.26 bits per heavy atom. The van der Waals surface area contributed by atoms with Crippen LogP contribution in [0.3, 0.4) is 0 Å². The third kappa shape index (κ3) is 2.89. The Morgan fingerprint density at radius 3 is 3.17 bits per heavy atom. The third-order valence-electron chi connectivity index (χ3n) is 4.38. The minimum atomic E-state index is 0.0103. The maximum atomic E-state index is 5.94. The first-order valence-corrected chi connectivity index (χ1v) is 8.90. The molecule has 1 aromatic carbocycles. The summed E-state index contributed by atoms with van der Waals surface area (Å²) in [5, 5.41) is 11.9. The van der Waals surface area contributed by atoms with E-state index in [0.717, 1.165) is 38.6 Å². The van der Waals surface area contributed by atoms with Crippen molar-refractivity contribution in [2.45, 2.75) is 26.1 Å². The molecule has 1 saturated heterocycles.